The molecular weight excluding hydrogens is 206 g/mol. The van der Waals surface area contributed by atoms with E-state index in [2.05, 4.69) is 5.48 Å². The zero-order chi connectivity index (χ0) is 11.5. The molecule has 1 aromatic carbocycles. The molecule has 0 saturated heterocycles. The standard InChI is InChI=1S/C11H13N3O2/c1-13-6-7-14(11(13)15)10-5-3-2-4-9(10)8-12-16/h2-7,12,16H,8H2,1H3. The first kappa shape index (κ1) is 10.7. The Labute approximate surface area is 92.5 Å². The molecule has 0 atom stereocenters. The Morgan fingerprint density at radius 3 is 2.69 bits per heavy atom. The van der Waals surface area contributed by atoms with Gasteiger partial charge in [0.2, 0.25) is 0 Å². The number of hydroxylamine groups is 1. The van der Waals surface area contributed by atoms with Crippen molar-refractivity contribution in [2.24, 2.45) is 7.05 Å². The van der Waals surface area contributed by atoms with E-state index in [0.717, 1.165) is 11.3 Å². The Balaban J connectivity index is 2.55. The molecule has 0 spiro atoms. The molecule has 1 aromatic heterocycles. The Hall–Kier alpha value is -1.85. The third kappa shape index (κ3) is 1.78. The minimum absolute atomic E-state index is 0.106. The highest BCUT2D eigenvalue weighted by Crippen LogP contribution is 2.12. The zero-order valence-corrected chi connectivity index (χ0v) is 8.92. The van der Waals surface area contributed by atoms with E-state index in [1.165, 1.54) is 4.57 Å². The van der Waals surface area contributed by atoms with Crippen molar-refractivity contribution in [2.75, 3.05) is 0 Å². The number of aryl methyl sites for hydroxylation is 1. The number of nitrogens with one attached hydrogen (secondary N) is 1. The summed E-state index contributed by atoms with van der Waals surface area (Å²) in [6.45, 7) is 0.303. The largest absolute Gasteiger partial charge is 0.332 e. The summed E-state index contributed by atoms with van der Waals surface area (Å²) in [5.74, 6) is 0. The van der Waals surface area contributed by atoms with Gasteiger partial charge in [-0.25, -0.2) is 10.3 Å². The van der Waals surface area contributed by atoms with Gasteiger partial charge in [0.1, 0.15) is 0 Å². The van der Waals surface area contributed by atoms with Crippen LogP contribution in [0.25, 0.3) is 5.69 Å². The highest BCUT2D eigenvalue weighted by atomic mass is 16.5. The van der Waals surface area contributed by atoms with Crippen LogP contribution in [0.2, 0.25) is 0 Å². The van der Waals surface area contributed by atoms with E-state index < -0.39 is 0 Å². The van der Waals surface area contributed by atoms with Crippen molar-refractivity contribution in [1.29, 1.82) is 0 Å². The number of rotatable bonds is 3. The average Bonchev–Trinajstić information content (AvgIpc) is 2.61. The first-order valence-corrected chi connectivity index (χ1v) is 4.93. The van der Waals surface area contributed by atoms with Crippen LogP contribution in [-0.4, -0.2) is 14.3 Å². The second-order valence-corrected chi connectivity index (χ2v) is 3.53. The Morgan fingerprint density at radius 1 is 1.31 bits per heavy atom. The maximum absolute atomic E-state index is 11.8. The molecule has 2 aromatic rings. The number of para-hydroxylation sites is 1. The van der Waals surface area contributed by atoms with Gasteiger partial charge >= 0.3 is 5.69 Å². The van der Waals surface area contributed by atoms with Crippen molar-refractivity contribution in [3.05, 3.63) is 52.7 Å². The molecule has 0 aliphatic rings. The van der Waals surface area contributed by atoms with Crippen LogP contribution in [0.3, 0.4) is 0 Å². The molecule has 0 aliphatic carbocycles. The van der Waals surface area contributed by atoms with Crippen molar-refractivity contribution < 1.29 is 5.21 Å². The van der Waals surface area contributed by atoms with Gasteiger partial charge in [-0.3, -0.25) is 4.57 Å². The summed E-state index contributed by atoms with van der Waals surface area (Å²) < 4.78 is 3.05. The monoisotopic (exact) mass is 219 g/mol. The van der Waals surface area contributed by atoms with Gasteiger partial charge in [-0.1, -0.05) is 18.2 Å². The molecule has 0 saturated carbocycles. The summed E-state index contributed by atoms with van der Waals surface area (Å²) in [5.41, 5.74) is 3.62. The van der Waals surface area contributed by atoms with Gasteiger partial charge < -0.3 is 9.77 Å². The maximum atomic E-state index is 11.8. The first-order chi connectivity index (χ1) is 7.74. The summed E-state index contributed by atoms with van der Waals surface area (Å²) in [5, 5.41) is 8.72. The maximum Gasteiger partial charge on any atom is 0.332 e. The summed E-state index contributed by atoms with van der Waals surface area (Å²) in [6.07, 6.45) is 3.41. The molecule has 2 N–H and O–H groups in total. The van der Waals surface area contributed by atoms with Crippen LogP contribution in [0.1, 0.15) is 5.56 Å². The van der Waals surface area contributed by atoms with Crippen LogP contribution in [0.5, 0.6) is 0 Å². The van der Waals surface area contributed by atoms with E-state index >= 15 is 0 Å². The minimum Gasteiger partial charge on any atom is -0.316 e. The normalized spacial score (nSPS) is 10.6. The minimum atomic E-state index is -0.106. The molecule has 5 nitrogen and oxygen atoms in total. The molecule has 0 bridgehead atoms. The molecule has 16 heavy (non-hydrogen) atoms. The molecule has 0 fully saturated rings. The van der Waals surface area contributed by atoms with Crippen LogP contribution in [-0.2, 0) is 13.6 Å². The van der Waals surface area contributed by atoms with Crippen LogP contribution >= 0.6 is 0 Å². The lowest BCUT2D eigenvalue weighted by molar-refractivity contribution is 0.161. The van der Waals surface area contributed by atoms with Crippen molar-refractivity contribution in [2.45, 2.75) is 6.54 Å². The molecule has 0 amide bonds. The third-order valence-corrected chi connectivity index (χ3v) is 2.47. The molecule has 1 heterocycles. The average molecular weight is 219 g/mol. The van der Waals surface area contributed by atoms with E-state index in [1.54, 1.807) is 24.0 Å². The topological polar surface area (TPSA) is 59.2 Å². The van der Waals surface area contributed by atoms with Crippen LogP contribution < -0.4 is 11.2 Å². The van der Waals surface area contributed by atoms with Crippen molar-refractivity contribution in [3.8, 4) is 5.69 Å². The van der Waals surface area contributed by atoms with E-state index in [9.17, 15) is 4.79 Å². The van der Waals surface area contributed by atoms with Crippen LogP contribution in [0.15, 0.2) is 41.5 Å². The van der Waals surface area contributed by atoms with E-state index in [0.29, 0.717) is 6.54 Å². The summed E-state index contributed by atoms with van der Waals surface area (Å²) in [6, 6.07) is 7.42. The summed E-state index contributed by atoms with van der Waals surface area (Å²) >= 11 is 0. The predicted molar refractivity (Wildman–Crippen MR) is 59.6 cm³/mol. The number of aromatic nitrogens is 2. The fourth-order valence-electron chi connectivity index (χ4n) is 1.63. The summed E-state index contributed by atoms with van der Waals surface area (Å²) in [7, 11) is 1.70. The van der Waals surface area contributed by atoms with Gasteiger partial charge in [0.25, 0.3) is 0 Å². The zero-order valence-electron chi connectivity index (χ0n) is 8.92. The lowest BCUT2D eigenvalue weighted by Crippen LogP contribution is -2.22. The molecule has 0 aliphatic heterocycles. The lowest BCUT2D eigenvalue weighted by Gasteiger charge is -2.08. The third-order valence-electron chi connectivity index (χ3n) is 2.47. The summed E-state index contributed by atoms with van der Waals surface area (Å²) in [4.78, 5) is 11.8. The smallest absolute Gasteiger partial charge is 0.316 e. The molecule has 0 unspecified atom stereocenters. The second kappa shape index (κ2) is 4.34. The van der Waals surface area contributed by atoms with Gasteiger partial charge in [-0.05, 0) is 11.6 Å². The Morgan fingerprint density at radius 2 is 2.06 bits per heavy atom. The molecule has 0 radical (unpaired) electrons. The Bertz CT molecular complexity index is 542. The number of hydrogen-bond acceptors (Lipinski definition) is 3. The number of imidazole rings is 1. The molecule has 84 valence electrons. The van der Waals surface area contributed by atoms with Gasteiger partial charge in [0.15, 0.2) is 0 Å². The highest BCUT2D eigenvalue weighted by molar-refractivity contribution is 5.40. The van der Waals surface area contributed by atoms with Gasteiger partial charge in [-0.15, -0.1) is 0 Å². The van der Waals surface area contributed by atoms with Crippen molar-refractivity contribution >= 4 is 0 Å². The highest BCUT2D eigenvalue weighted by Gasteiger charge is 2.06. The van der Waals surface area contributed by atoms with Crippen molar-refractivity contribution in [3.63, 3.8) is 0 Å². The SMILES string of the molecule is Cn1ccn(-c2ccccc2CNO)c1=O. The lowest BCUT2D eigenvalue weighted by atomic mass is 10.2. The van der Waals surface area contributed by atoms with E-state index in [-0.39, 0.29) is 5.69 Å². The molecule has 5 heteroatoms. The predicted octanol–water partition coefficient (Wildman–Crippen LogP) is 0.655. The number of benzene rings is 1. The van der Waals surface area contributed by atoms with Gasteiger partial charge in [-0.2, -0.15) is 0 Å². The Kier molecular flexibility index (Phi) is 2.89. The molecule has 2 rings (SSSR count). The second-order valence-electron chi connectivity index (χ2n) is 3.53. The quantitative estimate of drug-likeness (QED) is 0.745. The first-order valence-electron chi connectivity index (χ1n) is 4.93. The fraction of sp³-hybridized carbons (Fsp3) is 0.182. The van der Waals surface area contributed by atoms with Gasteiger partial charge in [0, 0.05) is 26.0 Å². The number of nitrogens with zero attached hydrogens (tertiary/aromatic N) is 2. The number of hydrogen-bond donors (Lipinski definition) is 2. The fourth-order valence-corrected chi connectivity index (χ4v) is 1.63. The van der Waals surface area contributed by atoms with Crippen LogP contribution in [0.4, 0.5) is 0 Å². The van der Waals surface area contributed by atoms with Crippen LogP contribution in [0, 0.1) is 0 Å². The van der Waals surface area contributed by atoms with Gasteiger partial charge in [0.05, 0.1) is 5.69 Å². The molecular formula is C11H13N3O2. The van der Waals surface area contributed by atoms with E-state index in [4.69, 9.17) is 5.21 Å². The van der Waals surface area contributed by atoms with Crippen molar-refractivity contribution in [1.82, 2.24) is 14.6 Å². The van der Waals surface area contributed by atoms with E-state index in [1.807, 2.05) is 24.3 Å².